The summed E-state index contributed by atoms with van der Waals surface area (Å²) in [6.07, 6.45) is 1.88. The number of hydrogen-bond acceptors (Lipinski definition) is 6. The minimum atomic E-state index is -1.25. The monoisotopic (exact) mass is 294 g/mol. The predicted molar refractivity (Wildman–Crippen MR) is 78.0 cm³/mol. The van der Waals surface area contributed by atoms with Crippen LogP contribution >= 0.6 is 0 Å². The van der Waals surface area contributed by atoms with Gasteiger partial charge in [-0.3, -0.25) is 0 Å². The van der Waals surface area contributed by atoms with E-state index in [1.807, 2.05) is 13.8 Å². The van der Waals surface area contributed by atoms with E-state index in [1.54, 1.807) is 6.08 Å². The Balaban J connectivity index is 2.37. The summed E-state index contributed by atoms with van der Waals surface area (Å²) >= 11 is 0. The zero-order chi connectivity index (χ0) is 15.6. The molecule has 1 aliphatic rings. The van der Waals surface area contributed by atoms with Crippen LogP contribution in [0.2, 0.25) is 0 Å². The van der Waals surface area contributed by atoms with Crippen molar-refractivity contribution in [2.45, 2.75) is 26.4 Å². The van der Waals surface area contributed by atoms with Gasteiger partial charge in [-0.15, -0.1) is 0 Å². The van der Waals surface area contributed by atoms with Crippen molar-refractivity contribution < 1.29 is 13.9 Å². The molecule has 1 unspecified atom stereocenters. The standard InChI is InChI=1S/C14H19FN4O2/c1-7(2)8-4-11(20-3)9(15)5-10(8)21-12-6-18-14(17)19-13(12)16/h4,6-7,9H,5H2,1-3H3,(H4,16,17,18,19). The highest BCUT2D eigenvalue weighted by Gasteiger charge is 2.27. The second-order valence-corrected chi connectivity index (χ2v) is 5.04. The zero-order valence-electron chi connectivity index (χ0n) is 12.3. The van der Waals surface area contributed by atoms with E-state index in [0.717, 1.165) is 5.57 Å². The molecule has 0 saturated heterocycles. The smallest absolute Gasteiger partial charge is 0.222 e. The van der Waals surface area contributed by atoms with Crippen molar-refractivity contribution in [1.29, 1.82) is 0 Å². The van der Waals surface area contributed by atoms with Crippen LogP contribution in [0.25, 0.3) is 0 Å². The van der Waals surface area contributed by atoms with Gasteiger partial charge in [-0.05, 0) is 17.6 Å². The van der Waals surface area contributed by atoms with Gasteiger partial charge in [0.1, 0.15) is 11.5 Å². The van der Waals surface area contributed by atoms with Gasteiger partial charge >= 0.3 is 0 Å². The largest absolute Gasteiger partial charge is 0.498 e. The Hall–Kier alpha value is -2.31. The van der Waals surface area contributed by atoms with Crippen molar-refractivity contribution in [1.82, 2.24) is 9.97 Å². The van der Waals surface area contributed by atoms with E-state index in [1.165, 1.54) is 13.3 Å². The molecule has 1 heterocycles. The third kappa shape index (κ3) is 3.24. The molecule has 1 aromatic heterocycles. The summed E-state index contributed by atoms with van der Waals surface area (Å²) in [5.41, 5.74) is 12.0. The van der Waals surface area contributed by atoms with E-state index in [-0.39, 0.29) is 29.9 Å². The Morgan fingerprint density at radius 1 is 1.38 bits per heavy atom. The van der Waals surface area contributed by atoms with Crippen LogP contribution in [0.3, 0.4) is 0 Å². The highest BCUT2D eigenvalue weighted by molar-refractivity contribution is 5.48. The maximum Gasteiger partial charge on any atom is 0.222 e. The van der Waals surface area contributed by atoms with E-state index in [0.29, 0.717) is 11.5 Å². The highest BCUT2D eigenvalue weighted by Crippen LogP contribution is 2.33. The second kappa shape index (κ2) is 5.99. The lowest BCUT2D eigenvalue weighted by molar-refractivity contribution is 0.186. The van der Waals surface area contributed by atoms with Crippen LogP contribution in [0.5, 0.6) is 5.75 Å². The molecule has 0 saturated carbocycles. The topological polar surface area (TPSA) is 96.3 Å². The SMILES string of the molecule is COC1=CC(C(C)C)=C(Oc2cnc(N)nc2N)CC1F. The van der Waals surface area contributed by atoms with Crippen LogP contribution in [0.15, 0.2) is 29.4 Å². The number of allylic oxidation sites excluding steroid dienone is 4. The van der Waals surface area contributed by atoms with Gasteiger partial charge in [-0.1, -0.05) is 13.8 Å². The molecular weight excluding hydrogens is 275 g/mol. The van der Waals surface area contributed by atoms with Crippen molar-refractivity contribution in [2.24, 2.45) is 5.92 Å². The maximum atomic E-state index is 14.0. The molecule has 7 heteroatoms. The number of hydrogen-bond donors (Lipinski definition) is 2. The van der Waals surface area contributed by atoms with E-state index >= 15 is 0 Å². The van der Waals surface area contributed by atoms with Gasteiger partial charge in [0.25, 0.3) is 0 Å². The fourth-order valence-electron chi connectivity index (χ4n) is 2.09. The number of ether oxygens (including phenoxy) is 2. The van der Waals surface area contributed by atoms with E-state index in [2.05, 4.69) is 9.97 Å². The molecule has 0 aromatic carbocycles. The Morgan fingerprint density at radius 3 is 2.67 bits per heavy atom. The number of halogens is 1. The molecule has 6 nitrogen and oxygen atoms in total. The summed E-state index contributed by atoms with van der Waals surface area (Å²) in [6.45, 7) is 3.98. The number of anilines is 2. The van der Waals surface area contributed by atoms with Gasteiger partial charge < -0.3 is 20.9 Å². The van der Waals surface area contributed by atoms with Gasteiger partial charge in [0.15, 0.2) is 17.7 Å². The molecular formula is C14H19FN4O2. The molecule has 114 valence electrons. The number of aromatic nitrogens is 2. The lowest BCUT2D eigenvalue weighted by Crippen LogP contribution is -2.19. The fourth-order valence-corrected chi connectivity index (χ4v) is 2.09. The number of methoxy groups -OCH3 is 1. The molecule has 0 bridgehead atoms. The molecule has 0 fully saturated rings. The van der Waals surface area contributed by atoms with E-state index in [9.17, 15) is 4.39 Å². The lowest BCUT2D eigenvalue weighted by atomic mass is 9.93. The van der Waals surface area contributed by atoms with Crippen molar-refractivity contribution in [3.05, 3.63) is 29.4 Å². The number of nitrogens with two attached hydrogens (primary N) is 2. The summed E-state index contributed by atoms with van der Waals surface area (Å²) in [7, 11) is 1.45. The van der Waals surface area contributed by atoms with Crippen LogP contribution in [0.1, 0.15) is 20.3 Å². The lowest BCUT2D eigenvalue weighted by Gasteiger charge is -2.24. The number of nitrogens with zero attached hydrogens (tertiary/aromatic N) is 2. The summed E-state index contributed by atoms with van der Waals surface area (Å²) in [6, 6.07) is 0. The third-order valence-electron chi connectivity index (χ3n) is 3.19. The predicted octanol–water partition coefficient (Wildman–Crippen LogP) is 2.20. The van der Waals surface area contributed by atoms with Gasteiger partial charge in [-0.25, -0.2) is 9.37 Å². The zero-order valence-corrected chi connectivity index (χ0v) is 12.3. The summed E-state index contributed by atoms with van der Waals surface area (Å²) in [5, 5.41) is 0. The first kappa shape index (κ1) is 15.1. The molecule has 4 N–H and O–H groups in total. The first-order valence-corrected chi connectivity index (χ1v) is 6.61. The molecule has 0 amide bonds. The number of alkyl halides is 1. The summed E-state index contributed by atoms with van der Waals surface area (Å²) in [4.78, 5) is 7.65. The molecule has 0 aliphatic heterocycles. The van der Waals surface area contributed by atoms with Crippen molar-refractivity contribution >= 4 is 11.8 Å². The van der Waals surface area contributed by atoms with Gasteiger partial charge in [0.2, 0.25) is 5.95 Å². The van der Waals surface area contributed by atoms with E-state index in [4.69, 9.17) is 20.9 Å². The Labute approximate surface area is 122 Å². The van der Waals surface area contributed by atoms with Crippen LogP contribution in [-0.4, -0.2) is 23.2 Å². The summed E-state index contributed by atoms with van der Waals surface area (Å²) < 4.78 is 24.8. The molecule has 21 heavy (non-hydrogen) atoms. The number of nitrogen functional groups attached to an aromatic ring is 2. The first-order chi connectivity index (χ1) is 9.92. The van der Waals surface area contributed by atoms with Gasteiger partial charge in [-0.2, -0.15) is 4.98 Å². The van der Waals surface area contributed by atoms with Crippen LogP contribution in [0, 0.1) is 5.92 Å². The molecule has 2 rings (SSSR count). The van der Waals surface area contributed by atoms with E-state index < -0.39 is 6.17 Å². The molecule has 1 atom stereocenters. The molecule has 0 spiro atoms. The average molecular weight is 294 g/mol. The van der Waals surface area contributed by atoms with Gasteiger partial charge in [0, 0.05) is 6.42 Å². The quantitative estimate of drug-likeness (QED) is 0.883. The van der Waals surface area contributed by atoms with Crippen molar-refractivity contribution in [3.8, 4) is 5.75 Å². The molecule has 1 aliphatic carbocycles. The fraction of sp³-hybridized carbons (Fsp3) is 0.429. The van der Waals surface area contributed by atoms with Crippen molar-refractivity contribution in [2.75, 3.05) is 18.6 Å². The van der Waals surface area contributed by atoms with Crippen LogP contribution in [0.4, 0.5) is 16.2 Å². The Kier molecular flexibility index (Phi) is 4.30. The summed E-state index contributed by atoms with van der Waals surface area (Å²) in [5.74, 6) is 1.39. The average Bonchev–Trinajstić information content (AvgIpc) is 2.41. The molecule has 0 radical (unpaired) electrons. The second-order valence-electron chi connectivity index (χ2n) is 5.04. The maximum absolute atomic E-state index is 14.0. The first-order valence-electron chi connectivity index (χ1n) is 6.61. The van der Waals surface area contributed by atoms with Gasteiger partial charge in [0.05, 0.1) is 13.3 Å². The Bertz CT molecular complexity index is 599. The minimum absolute atomic E-state index is 0.0616. The van der Waals surface area contributed by atoms with Crippen LogP contribution in [-0.2, 0) is 4.74 Å². The highest BCUT2D eigenvalue weighted by atomic mass is 19.1. The third-order valence-corrected chi connectivity index (χ3v) is 3.19. The number of rotatable bonds is 4. The minimum Gasteiger partial charge on any atom is -0.498 e. The normalized spacial score (nSPS) is 18.7. The Morgan fingerprint density at radius 2 is 2.10 bits per heavy atom. The van der Waals surface area contributed by atoms with Crippen molar-refractivity contribution in [3.63, 3.8) is 0 Å². The molecule has 1 aromatic rings. The van der Waals surface area contributed by atoms with Crippen LogP contribution < -0.4 is 16.2 Å².